The first-order chi connectivity index (χ1) is 9.08. The molecular weight excluding hydrogens is 240 g/mol. The first-order valence-electron chi connectivity index (χ1n) is 7.03. The average Bonchev–Trinajstić information content (AvgIpc) is 2.36. The molecular formula is C15H22N2O2. The summed E-state index contributed by atoms with van der Waals surface area (Å²) in [5, 5.41) is 12.5. The first-order valence-corrected chi connectivity index (χ1v) is 7.03. The van der Waals surface area contributed by atoms with Crippen molar-refractivity contribution >= 4 is 11.8 Å². The molecule has 19 heavy (non-hydrogen) atoms. The Hall–Kier alpha value is -1.58. The summed E-state index contributed by atoms with van der Waals surface area (Å²) in [7, 11) is 0. The highest BCUT2D eigenvalue weighted by atomic mass is 16.4. The number of nitrogens with zero attached hydrogens (tertiary/aromatic N) is 1. The van der Waals surface area contributed by atoms with Crippen LogP contribution in [0.2, 0.25) is 0 Å². The number of aromatic carboxylic acids is 1. The maximum Gasteiger partial charge on any atom is 0.339 e. The van der Waals surface area contributed by atoms with Crippen LogP contribution in [0.25, 0.3) is 0 Å². The monoisotopic (exact) mass is 262 g/mol. The number of aromatic nitrogens is 1. The van der Waals surface area contributed by atoms with Crippen LogP contribution in [0.5, 0.6) is 0 Å². The van der Waals surface area contributed by atoms with Gasteiger partial charge in [-0.15, -0.1) is 0 Å². The maximum atomic E-state index is 11.3. The number of rotatable bonds is 4. The van der Waals surface area contributed by atoms with Crippen molar-refractivity contribution < 1.29 is 9.90 Å². The zero-order chi connectivity index (χ0) is 13.8. The van der Waals surface area contributed by atoms with Crippen molar-refractivity contribution in [2.24, 2.45) is 5.92 Å². The predicted octanol–water partition coefficient (Wildman–Crippen LogP) is 3.39. The zero-order valence-electron chi connectivity index (χ0n) is 11.7. The SMILES string of the molecule is Cc1cc(C)c(C(=O)O)c(NCC2CCCCC2)n1. The normalized spacial score (nSPS) is 16.3. The molecule has 0 atom stereocenters. The van der Waals surface area contributed by atoms with Crippen molar-refractivity contribution in [2.45, 2.75) is 46.0 Å². The molecule has 0 amide bonds. The van der Waals surface area contributed by atoms with Gasteiger partial charge in [0.1, 0.15) is 11.4 Å². The van der Waals surface area contributed by atoms with Crippen LogP contribution in [0.3, 0.4) is 0 Å². The van der Waals surface area contributed by atoms with Gasteiger partial charge in [-0.05, 0) is 44.2 Å². The van der Waals surface area contributed by atoms with E-state index in [4.69, 9.17) is 0 Å². The summed E-state index contributed by atoms with van der Waals surface area (Å²) >= 11 is 0. The van der Waals surface area contributed by atoms with Crippen molar-refractivity contribution in [3.63, 3.8) is 0 Å². The Bertz CT molecular complexity index is 465. The van der Waals surface area contributed by atoms with Crippen LogP contribution in [0, 0.1) is 19.8 Å². The first kappa shape index (κ1) is 13.8. The number of hydrogen-bond acceptors (Lipinski definition) is 3. The molecule has 1 heterocycles. The zero-order valence-corrected chi connectivity index (χ0v) is 11.7. The Balaban J connectivity index is 2.12. The summed E-state index contributed by atoms with van der Waals surface area (Å²) in [6.45, 7) is 4.55. The maximum absolute atomic E-state index is 11.3. The van der Waals surface area contributed by atoms with E-state index in [1.54, 1.807) is 0 Å². The van der Waals surface area contributed by atoms with E-state index >= 15 is 0 Å². The van der Waals surface area contributed by atoms with Crippen LogP contribution in [0.1, 0.15) is 53.7 Å². The molecule has 0 bridgehead atoms. The van der Waals surface area contributed by atoms with Crippen molar-refractivity contribution in [1.29, 1.82) is 0 Å². The summed E-state index contributed by atoms with van der Waals surface area (Å²) in [4.78, 5) is 15.7. The van der Waals surface area contributed by atoms with Crippen LogP contribution in [-0.2, 0) is 0 Å². The van der Waals surface area contributed by atoms with E-state index in [0.717, 1.165) is 17.8 Å². The van der Waals surface area contributed by atoms with Crippen molar-refractivity contribution in [1.82, 2.24) is 4.98 Å². The topological polar surface area (TPSA) is 62.2 Å². The van der Waals surface area contributed by atoms with Gasteiger partial charge in [-0.1, -0.05) is 19.3 Å². The fourth-order valence-corrected chi connectivity index (χ4v) is 2.87. The number of carboxylic acids is 1. The minimum Gasteiger partial charge on any atom is -0.478 e. The Morgan fingerprint density at radius 1 is 1.37 bits per heavy atom. The number of carboxylic acid groups (broad SMARTS) is 1. The van der Waals surface area contributed by atoms with Crippen LogP contribution < -0.4 is 5.32 Å². The van der Waals surface area contributed by atoms with Gasteiger partial charge in [0, 0.05) is 12.2 Å². The summed E-state index contributed by atoms with van der Waals surface area (Å²) in [5.41, 5.74) is 1.93. The molecule has 1 aromatic rings. The molecule has 2 N–H and O–H groups in total. The van der Waals surface area contributed by atoms with Gasteiger partial charge in [-0.3, -0.25) is 0 Å². The van der Waals surface area contributed by atoms with E-state index in [0.29, 0.717) is 17.3 Å². The highest BCUT2D eigenvalue weighted by Gasteiger charge is 2.18. The molecule has 0 unspecified atom stereocenters. The molecule has 1 aromatic heterocycles. The summed E-state index contributed by atoms with van der Waals surface area (Å²) in [6.07, 6.45) is 6.38. The average molecular weight is 262 g/mol. The molecule has 0 spiro atoms. The number of nitrogens with one attached hydrogen (secondary N) is 1. The number of anilines is 1. The van der Waals surface area contributed by atoms with E-state index < -0.39 is 5.97 Å². The fraction of sp³-hybridized carbons (Fsp3) is 0.600. The van der Waals surface area contributed by atoms with Gasteiger partial charge >= 0.3 is 5.97 Å². The standard InChI is InChI=1S/C15H22N2O2/c1-10-8-11(2)17-14(13(10)15(18)19)16-9-12-6-4-3-5-7-12/h8,12H,3-7,9H2,1-2H3,(H,16,17)(H,18,19). The Kier molecular flexibility index (Phi) is 4.40. The number of aryl methyl sites for hydroxylation is 2. The lowest BCUT2D eigenvalue weighted by Gasteiger charge is -2.22. The Labute approximate surface area is 114 Å². The lowest BCUT2D eigenvalue weighted by atomic mass is 9.89. The minimum atomic E-state index is -0.906. The number of carbonyl (C=O) groups is 1. The van der Waals surface area contributed by atoms with Crippen molar-refractivity contribution in [3.8, 4) is 0 Å². The smallest absolute Gasteiger partial charge is 0.339 e. The largest absolute Gasteiger partial charge is 0.478 e. The van der Waals surface area contributed by atoms with E-state index in [1.165, 1.54) is 32.1 Å². The summed E-state index contributed by atoms with van der Waals surface area (Å²) in [6, 6.07) is 1.81. The van der Waals surface area contributed by atoms with E-state index in [9.17, 15) is 9.90 Å². The summed E-state index contributed by atoms with van der Waals surface area (Å²) in [5.74, 6) is 0.268. The van der Waals surface area contributed by atoms with Crippen molar-refractivity contribution in [2.75, 3.05) is 11.9 Å². The molecule has 2 rings (SSSR count). The van der Waals surface area contributed by atoms with Gasteiger partial charge in [0.15, 0.2) is 0 Å². The fourth-order valence-electron chi connectivity index (χ4n) is 2.87. The highest BCUT2D eigenvalue weighted by molar-refractivity contribution is 5.94. The minimum absolute atomic E-state index is 0.307. The van der Waals surface area contributed by atoms with Gasteiger partial charge < -0.3 is 10.4 Å². The molecule has 0 aromatic carbocycles. The van der Waals surface area contributed by atoms with Crippen LogP contribution in [0.15, 0.2) is 6.07 Å². The summed E-state index contributed by atoms with van der Waals surface area (Å²) < 4.78 is 0. The molecule has 4 heteroatoms. The van der Waals surface area contributed by atoms with Crippen LogP contribution >= 0.6 is 0 Å². The number of hydrogen-bond donors (Lipinski definition) is 2. The quantitative estimate of drug-likeness (QED) is 0.873. The molecule has 104 valence electrons. The van der Waals surface area contributed by atoms with E-state index in [2.05, 4.69) is 10.3 Å². The van der Waals surface area contributed by atoms with Gasteiger partial charge in [0.2, 0.25) is 0 Å². The molecule has 1 aliphatic rings. The third-order valence-corrected chi connectivity index (χ3v) is 3.84. The molecule has 1 saturated carbocycles. The van der Waals surface area contributed by atoms with Crippen LogP contribution in [-0.4, -0.2) is 22.6 Å². The number of pyridine rings is 1. The molecule has 0 saturated heterocycles. The second-order valence-corrected chi connectivity index (χ2v) is 5.49. The molecule has 1 fully saturated rings. The Morgan fingerprint density at radius 3 is 2.68 bits per heavy atom. The van der Waals surface area contributed by atoms with Gasteiger partial charge in [-0.2, -0.15) is 0 Å². The van der Waals surface area contributed by atoms with Gasteiger partial charge in [0.05, 0.1) is 0 Å². The van der Waals surface area contributed by atoms with E-state index in [-0.39, 0.29) is 0 Å². The van der Waals surface area contributed by atoms with E-state index in [1.807, 2.05) is 19.9 Å². The second kappa shape index (κ2) is 6.04. The van der Waals surface area contributed by atoms with Gasteiger partial charge in [0.25, 0.3) is 0 Å². The van der Waals surface area contributed by atoms with Gasteiger partial charge in [-0.25, -0.2) is 9.78 Å². The molecule has 0 aliphatic heterocycles. The van der Waals surface area contributed by atoms with Crippen LogP contribution in [0.4, 0.5) is 5.82 Å². The predicted molar refractivity (Wildman–Crippen MR) is 75.7 cm³/mol. The molecule has 1 aliphatic carbocycles. The lowest BCUT2D eigenvalue weighted by molar-refractivity contribution is 0.0696. The van der Waals surface area contributed by atoms with Crippen molar-refractivity contribution in [3.05, 3.63) is 22.9 Å². The molecule has 4 nitrogen and oxygen atoms in total. The third kappa shape index (κ3) is 3.46. The highest BCUT2D eigenvalue weighted by Crippen LogP contribution is 2.25. The third-order valence-electron chi connectivity index (χ3n) is 3.84. The second-order valence-electron chi connectivity index (χ2n) is 5.49. The lowest BCUT2D eigenvalue weighted by Crippen LogP contribution is -2.20. The Morgan fingerprint density at radius 2 is 2.05 bits per heavy atom. The molecule has 0 radical (unpaired) electrons.